The van der Waals surface area contributed by atoms with Gasteiger partial charge in [0.25, 0.3) is 11.8 Å². The third-order valence-electron chi connectivity index (χ3n) is 5.15. The van der Waals surface area contributed by atoms with Gasteiger partial charge in [-0.1, -0.05) is 45.0 Å². The van der Waals surface area contributed by atoms with Crippen LogP contribution in [-0.2, 0) is 11.2 Å². The molecule has 0 radical (unpaired) electrons. The lowest BCUT2D eigenvalue weighted by Gasteiger charge is -2.14. The Bertz CT molecular complexity index is 991. The van der Waals surface area contributed by atoms with Gasteiger partial charge in [0.2, 0.25) is 0 Å². The molecule has 1 aliphatic rings. The number of fused-ring (bicyclic) bond motifs is 1. The van der Waals surface area contributed by atoms with Gasteiger partial charge in [-0.2, -0.15) is 0 Å². The maximum atomic E-state index is 12.6. The molecule has 0 bridgehead atoms. The lowest BCUT2D eigenvalue weighted by Crippen LogP contribution is -2.31. The predicted molar refractivity (Wildman–Crippen MR) is 112 cm³/mol. The standard InChI is InChI=1S/C24H25NO5/c1-4-16-5-7-17(8-6-16)21(26)14-30-24(29)18-9-10-19-20(13-18)23(28)25(22(19)27)12-11-15(2)3/h5-10,13,15H,4,11-12,14H2,1-3H3. The van der Waals surface area contributed by atoms with Crippen LogP contribution in [0.4, 0.5) is 0 Å². The number of benzene rings is 2. The monoisotopic (exact) mass is 407 g/mol. The molecule has 3 rings (SSSR count). The molecule has 2 aromatic rings. The van der Waals surface area contributed by atoms with Crippen molar-refractivity contribution in [2.75, 3.05) is 13.2 Å². The number of hydrogen-bond acceptors (Lipinski definition) is 5. The average molecular weight is 407 g/mol. The molecule has 0 saturated carbocycles. The van der Waals surface area contributed by atoms with E-state index in [-0.39, 0.29) is 28.4 Å². The Balaban J connectivity index is 1.66. The van der Waals surface area contributed by atoms with Crippen molar-refractivity contribution in [1.29, 1.82) is 0 Å². The summed E-state index contributed by atoms with van der Waals surface area (Å²) in [5, 5.41) is 0. The fourth-order valence-electron chi connectivity index (χ4n) is 3.23. The molecular weight excluding hydrogens is 382 g/mol. The number of hydrogen-bond donors (Lipinski definition) is 0. The summed E-state index contributed by atoms with van der Waals surface area (Å²) >= 11 is 0. The zero-order valence-electron chi connectivity index (χ0n) is 17.4. The van der Waals surface area contributed by atoms with Crippen molar-refractivity contribution in [3.63, 3.8) is 0 Å². The van der Waals surface area contributed by atoms with E-state index in [9.17, 15) is 19.2 Å². The summed E-state index contributed by atoms with van der Waals surface area (Å²) in [4.78, 5) is 50.9. The van der Waals surface area contributed by atoms with Crippen LogP contribution in [0.1, 0.15) is 74.2 Å². The third kappa shape index (κ3) is 4.48. The molecule has 156 valence electrons. The van der Waals surface area contributed by atoms with Gasteiger partial charge in [-0.25, -0.2) is 4.79 Å². The Kier molecular flexibility index (Phi) is 6.45. The maximum absolute atomic E-state index is 12.6. The van der Waals surface area contributed by atoms with Gasteiger partial charge in [-0.05, 0) is 42.5 Å². The SMILES string of the molecule is CCc1ccc(C(=O)COC(=O)c2ccc3c(c2)C(=O)N(CCC(C)C)C3=O)cc1. The van der Waals surface area contributed by atoms with Crippen molar-refractivity contribution in [2.45, 2.75) is 33.6 Å². The zero-order chi connectivity index (χ0) is 21.8. The lowest BCUT2D eigenvalue weighted by atomic mass is 10.1. The Morgan fingerprint density at radius 1 is 0.933 bits per heavy atom. The number of aryl methyl sites for hydroxylation is 1. The van der Waals surface area contributed by atoms with Crippen molar-refractivity contribution >= 4 is 23.6 Å². The summed E-state index contributed by atoms with van der Waals surface area (Å²) in [6.07, 6.45) is 1.58. The van der Waals surface area contributed by atoms with E-state index in [0.717, 1.165) is 12.0 Å². The number of carbonyl (C=O) groups is 4. The van der Waals surface area contributed by atoms with E-state index in [0.29, 0.717) is 24.4 Å². The summed E-state index contributed by atoms with van der Waals surface area (Å²) in [6.45, 7) is 6.01. The van der Waals surface area contributed by atoms with Crippen molar-refractivity contribution < 1.29 is 23.9 Å². The summed E-state index contributed by atoms with van der Waals surface area (Å²) in [5.74, 6) is -1.41. The molecule has 0 spiro atoms. The first-order valence-electron chi connectivity index (χ1n) is 10.1. The second-order valence-corrected chi connectivity index (χ2v) is 7.75. The minimum absolute atomic E-state index is 0.134. The van der Waals surface area contributed by atoms with E-state index < -0.39 is 18.5 Å². The van der Waals surface area contributed by atoms with Gasteiger partial charge in [-0.15, -0.1) is 0 Å². The van der Waals surface area contributed by atoms with Crippen molar-refractivity contribution in [2.24, 2.45) is 5.92 Å². The van der Waals surface area contributed by atoms with Crippen LogP contribution in [0.25, 0.3) is 0 Å². The van der Waals surface area contributed by atoms with Crippen LogP contribution in [0, 0.1) is 5.92 Å². The van der Waals surface area contributed by atoms with Crippen LogP contribution >= 0.6 is 0 Å². The molecule has 0 aliphatic carbocycles. The van der Waals surface area contributed by atoms with Crippen LogP contribution in [-0.4, -0.2) is 41.6 Å². The van der Waals surface area contributed by atoms with Gasteiger partial charge in [0.1, 0.15) is 0 Å². The molecule has 0 N–H and O–H groups in total. The molecule has 0 aromatic heterocycles. The fraction of sp³-hybridized carbons (Fsp3) is 0.333. The Morgan fingerprint density at radius 3 is 2.20 bits per heavy atom. The van der Waals surface area contributed by atoms with Gasteiger partial charge < -0.3 is 4.74 Å². The highest BCUT2D eigenvalue weighted by molar-refractivity contribution is 6.22. The van der Waals surface area contributed by atoms with Crippen LogP contribution in [0.15, 0.2) is 42.5 Å². The number of Topliss-reactive ketones (excluding diaryl/α,β-unsaturated/α-hetero) is 1. The summed E-state index contributed by atoms with van der Waals surface area (Å²) in [5.41, 5.74) is 2.20. The predicted octanol–water partition coefficient (Wildman–Crippen LogP) is 3.93. The molecule has 0 atom stereocenters. The number of ether oxygens (including phenoxy) is 1. The molecule has 6 nitrogen and oxygen atoms in total. The molecular formula is C24H25NO5. The minimum atomic E-state index is -0.711. The lowest BCUT2D eigenvalue weighted by molar-refractivity contribution is 0.0474. The highest BCUT2D eigenvalue weighted by Crippen LogP contribution is 2.25. The highest BCUT2D eigenvalue weighted by atomic mass is 16.5. The molecule has 0 unspecified atom stereocenters. The molecule has 2 aromatic carbocycles. The van der Waals surface area contributed by atoms with Gasteiger partial charge >= 0.3 is 5.97 Å². The van der Waals surface area contributed by atoms with Gasteiger partial charge in [-0.3, -0.25) is 19.3 Å². The number of rotatable bonds is 8. The van der Waals surface area contributed by atoms with Gasteiger partial charge in [0.05, 0.1) is 16.7 Å². The van der Waals surface area contributed by atoms with Crippen LogP contribution in [0.3, 0.4) is 0 Å². The van der Waals surface area contributed by atoms with Crippen molar-refractivity contribution in [3.05, 3.63) is 70.3 Å². The minimum Gasteiger partial charge on any atom is -0.454 e. The van der Waals surface area contributed by atoms with Gasteiger partial charge in [0.15, 0.2) is 12.4 Å². The Morgan fingerprint density at radius 2 is 1.57 bits per heavy atom. The first-order valence-corrected chi connectivity index (χ1v) is 10.1. The topological polar surface area (TPSA) is 80.8 Å². The van der Waals surface area contributed by atoms with E-state index >= 15 is 0 Å². The van der Waals surface area contributed by atoms with E-state index in [4.69, 9.17) is 4.74 Å². The zero-order valence-corrected chi connectivity index (χ0v) is 17.4. The van der Waals surface area contributed by atoms with Crippen LogP contribution in [0.2, 0.25) is 0 Å². The smallest absolute Gasteiger partial charge is 0.338 e. The molecule has 0 saturated heterocycles. The maximum Gasteiger partial charge on any atom is 0.338 e. The largest absolute Gasteiger partial charge is 0.454 e. The van der Waals surface area contributed by atoms with Crippen LogP contribution < -0.4 is 0 Å². The number of nitrogens with zero attached hydrogens (tertiary/aromatic N) is 1. The van der Waals surface area contributed by atoms with E-state index in [1.54, 1.807) is 12.1 Å². The second-order valence-electron chi connectivity index (χ2n) is 7.75. The Labute approximate surface area is 175 Å². The van der Waals surface area contributed by atoms with E-state index in [1.807, 2.05) is 32.9 Å². The molecule has 1 heterocycles. The quantitative estimate of drug-likeness (QED) is 0.376. The number of imide groups is 1. The normalized spacial score (nSPS) is 13.0. The van der Waals surface area contributed by atoms with E-state index in [2.05, 4.69) is 0 Å². The molecule has 30 heavy (non-hydrogen) atoms. The van der Waals surface area contributed by atoms with Crippen molar-refractivity contribution in [3.8, 4) is 0 Å². The highest BCUT2D eigenvalue weighted by Gasteiger charge is 2.35. The summed E-state index contributed by atoms with van der Waals surface area (Å²) in [6, 6.07) is 11.4. The molecule has 2 amide bonds. The third-order valence-corrected chi connectivity index (χ3v) is 5.15. The van der Waals surface area contributed by atoms with Crippen molar-refractivity contribution in [1.82, 2.24) is 4.90 Å². The first-order chi connectivity index (χ1) is 14.3. The van der Waals surface area contributed by atoms with Crippen LogP contribution in [0.5, 0.6) is 0 Å². The fourth-order valence-corrected chi connectivity index (χ4v) is 3.23. The average Bonchev–Trinajstić information content (AvgIpc) is 2.99. The number of ketones is 1. The molecule has 1 aliphatic heterocycles. The Hall–Kier alpha value is -3.28. The second kappa shape index (κ2) is 9.03. The summed E-state index contributed by atoms with van der Waals surface area (Å²) < 4.78 is 5.13. The number of esters is 1. The number of carbonyl (C=O) groups excluding carboxylic acids is 4. The number of amides is 2. The molecule has 6 heteroatoms. The summed E-state index contributed by atoms with van der Waals surface area (Å²) in [7, 11) is 0. The molecule has 0 fully saturated rings. The van der Waals surface area contributed by atoms with E-state index in [1.165, 1.54) is 23.1 Å². The first kappa shape index (κ1) is 21.4. The van der Waals surface area contributed by atoms with Gasteiger partial charge in [0, 0.05) is 12.1 Å².